The van der Waals surface area contributed by atoms with E-state index in [0.717, 1.165) is 24.6 Å². The summed E-state index contributed by atoms with van der Waals surface area (Å²) in [5.74, 6) is 1.63. The van der Waals surface area contributed by atoms with Crippen LogP contribution in [0.2, 0.25) is 0 Å². The smallest absolute Gasteiger partial charge is 0.292 e. The van der Waals surface area contributed by atoms with Crippen molar-refractivity contribution in [2.24, 2.45) is 0 Å². The monoisotopic (exact) mass is 299 g/mol. The number of rotatable bonds is 4. The molecule has 0 aromatic carbocycles. The van der Waals surface area contributed by atoms with Crippen molar-refractivity contribution in [3.63, 3.8) is 0 Å². The number of anilines is 1. The summed E-state index contributed by atoms with van der Waals surface area (Å²) in [5, 5.41) is 12.2. The minimum atomic E-state index is -0.141. The molecule has 1 saturated heterocycles. The highest BCUT2D eigenvalue weighted by atomic mass is 16.5. The van der Waals surface area contributed by atoms with Gasteiger partial charge >= 0.3 is 0 Å². The zero-order valence-corrected chi connectivity index (χ0v) is 12.3. The Kier molecular flexibility index (Phi) is 3.06. The van der Waals surface area contributed by atoms with Gasteiger partial charge in [0.25, 0.3) is 5.91 Å². The summed E-state index contributed by atoms with van der Waals surface area (Å²) in [7, 11) is 1.79. The van der Waals surface area contributed by atoms with Crippen molar-refractivity contribution >= 4 is 11.7 Å². The van der Waals surface area contributed by atoms with E-state index in [-0.39, 0.29) is 17.7 Å². The Morgan fingerprint density at radius 2 is 2.09 bits per heavy atom. The van der Waals surface area contributed by atoms with Crippen LogP contribution in [0, 0.1) is 0 Å². The molecule has 0 unspecified atom stereocenters. The largest absolute Gasteiger partial charge is 0.351 e. The van der Waals surface area contributed by atoms with Crippen LogP contribution in [-0.4, -0.2) is 52.3 Å². The van der Waals surface area contributed by atoms with Crippen molar-refractivity contribution < 1.29 is 9.32 Å². The molecule has 7 heteroatoms. The van der Waals surface area contributed by atoms with Crippen LogP contribution in [0.15, 0.2) is 28.9 Å². The fourth-order valence-electron chi connectivity index (χ4n) is 2.65. The lowest BCUT2D eigenvalue weighted by Gasteiger charge is -2.44. The van der Waals surface area contributed by atoms with Crippen molar-refractivity contribution in [3.8, 4) is 0 Å². The molecule has 4 rings (SSSR count). The van der Waals surface area contributed by atoms with Crippen molar-refractivity contribution in [2.45, 2.75) is 24.8 Å². The molecule has 2 aromatic heterocycles. The van der Waals surface area contributed by atoms with E-state index in [2.05, 4.69) is 26.3 Å². The van der Waals surface area contributed by atoms with Crippen molar-refractivity contribution in [2.75, 3.05) is 25.0 Å². The topological polar surface area (TPSA) is 75.4 Å². The van der Waals surface area contributed by atoms with Gasteiger partial charge in [0.2, 0.25) is 5.76 Å². The fraction of sp³-hybridized carbons (Fsp3) is 0.467. The summed E-state index contributed by atoms with van der Waals surface area (Å²) in [6.07, 6.45) is 3.94. The molecule has 2 fully saturated rings. The van der Waals surface area contributed by atoms with Gasteiger partial charge in [0.05, 0.1) is 17.9 Å². The van der Waals surface area contributed by atoms with Gasteiger partial charge in [-0.05, 0) is 25.0 Å². The van der Waals surface area contributed by atoms with Gasteiger partial charge in [0.1, 0.15) is 0 Å². The normalized spacial score (nSPS) is 18.1. The molecule has 0 bridgehead atoms. The van der Waals surface area contributed by atoms with Crippen LogP contribution >= 0.6 is 0 Å². The van der Waals surface area contributed by atoms with Gasteiger partial charge in [-0.2, -0.15) is 5.10 Å². The van der Waals surface area contributed by atoms with Crippen molar-refractivity contribution in [1.82, 2.24) is 20.3 Å². The van der Waals surface area contributed by atoms with E-state index < -0.39 is 0 Å². The predicted molar refractivity (Wildman–Crippen MR) is 78.6 cm³/mol. The summed E-state index contributed by atoms with van der Waals surface area (Å²) >= 11 is 0. The first-order valence-electron chi connectivity index (χ1n) is 7.49. The summed E-state index contributed by atoms with van der Waals surface area (Å²) in [4.78, 5) is 16.0. The van der Waals surface area contributed by atoms with Crippen molar-refractivity contribution in [3.05, 3.63) is 35.9 Å². The van der Waals surface area contributed by atoms with Gasteiger partial charge < -0.3 is 14.3 Å². The number of hydrogen-bond acceptors (Lipinski definition) is 6. The number of hydrogen-bond donors (Lipinski definition) is 0. The Labute approximate surface area is 127 Å². The average molecular weight is 299 g/mol. The molecule has 0 spiro atoms. The molecule has 22 heavy (non-hydrogen) atoms. The highest BCUT2D eigenvalue weighted by molar-refractivity contribution is 5.91. The van der Waals surface area contributed by atoms with Crippen molar-refractivity contribution in [1.29, 1.82) is 0 Å². The first-order chi connectivity index (χ1) is 10.7. The molecule has 7 nitrogen and oxygen atoms in total. The van der Waals surface area contributed by atoms with E-state index in [0.29, 0.717) is 5.92 Å². The zero-order valence-electron chi connectivity index (χ0n) is 12.3. The number of amides is 1. The minimum Gasteiger partial charge on any atom is -0.351 e. The van der Waals surface area contributed by atoms with Gasteiger partial charge in [-0.15, -0.1) is 5.10 Å². The molecular weight excluding hydrogens is 282 g/mol. The Bertz CT molecular complexity index is 660. The number of carbonyl (C=O) groups is 1. The summed E-state index contributed by atoms with van der Waals surface area (Å²) < 4.78 is 4.91. The molecule has 1 saturated carbocycles. The fourth-order valence-corrected chi connectivity index (χ4v) is 2.65. The van der Waals surface area contributed by atoms with Crippen LogP contribution in [-0.2, 0) is 0 Å². The molecule has 1 amide bonds. The molecule has 1 aliphatic heterocycles. The second-order valence-electron chi connectivity index (χ2n) is 5.94. The Balaban J connectivity index is 1.36. The molecular formula is C15H17N5O2. The average Bonchev–Trinajstić information content (AvgIpc) is 3.20. The van der Waals surface area contributed by atoms with Gasteiger partial charge in [-0.25, -0.2) is 0 Å². The third-order valence-electron chi connectivity index (χ3n) is 4.37. The molecule has 1 aliphatic carbocycles. The zero-order chi connectivity index (χ0) is 15.1. The van der Waals surface area contributed by atoms with Crippen LogP contribution in [0.5, 0.6) is 0 Å². The number of carbonyl (C=O) groups excluding carboxylic acids is 1. The van der Waals surface area contributed by atoms with E-state index in [9.17, 15) is 4.79 Å². The molecule has 2 aromatic rings. The van der Waals surface area contributed by atoms with E-state index in [1.807, 2.05) is 6.07 Å². The second-order valence-corrected chi connectivity index (χ2v) is 5.94. The van der Waals surface area contributed by atoms with Crippen LogP contribution in [0.4, 0.5) is 5.82 Å². The van der Waals surface area contributed by atoms with E-state index >= 15 is 0 Å². The molecule has 0 N–H and O–H groups in total. The van der Waals surface area contributed by atoms with Gasteiger partial charge in [0, 0.05) is 32.1 Å². The maximum atomic E-state index is 12.2. The Morgan fingerprint density at radius 1 is 1.27 bits per heavy atom. The van der Waals surface area contributed by atoms with Gasteiger partial charge in [0.15, 0.2) is 5.82 Å². The first-order valence-corrected chi connectivity index (χ1v) is 7.49. The first kappa shape index (κ1) is 13.2. The molecule has 114 valence electrons. The molecule has 2 aliphatic rings. The van der Waals surface area contributed by atoms with E-state index in [1.165, 1.54) is 19.0 Å². The summed E-state index contributed by atoms with van der Waals surface area (Å²) in [6, 6.07) is 5.82. The third-order valence-corrected chi connectivity index (χ3v) is 4.37. The third kappa shape index (κ3) is 2.32. The second kappa shape index (κ2) is 5.08. The Morgan fingerprint density at radius 3 is 2.68 bits per heavy atom. The molecule has 3 heterocycles. The quantitative estimate of drug-likeness (QED) is 0.847. The van der Waals surface area contributed by atoms with E-state index in [1.54, 1.807) is 18.0 Å². The standard InChI is InChI=1S/C15H17N5O2/c1-19(15(21)13-6-7-16-22-13)11-8-20(9-11)14-5-4-12(17-18-14)10-2-3-10/h4-7,10-11H,2-3,8-9H2,1H3. The van der Waals surface area contributed by atoms with Crippen LogP contribution in [0.3, 0.4) is 0 Å². The van der Waals surface area contributed by atoms with Crippen LogP contribution in [0.1, 0.15) is 35.0 Å². The van der Waals surface area contributed by atoms with E-state index in [4.69, 9.17) is 4.52 Å². The summed E-state index contributed by atoms with van der Waals surface area (Å²) in [5.41, 5.74) is 1.10. The lowest BCUT2D eigenvalue weighted by molar-refractivity contribution is 0.0663. The number of likely N-dealkylation sites (N-methyl/N-ethyl adjacent to an activating group) is 1. The maximum Gasteiger partial charge on any atom is 0.292 e. The predicted octanol–water partition coefficient (Wildman–Crippen LogP) is 1.30. The molecule has 0 radical (unpaired) electrons. The number of aromatic nitrogens is 3. The molecule has 0 atom stereocenters. The highest BCUT2D eigenvalue weighted by Crippen LogP contribution is 2.38. The maximum absolute atomic E-state index is 12.2. The lowest BCUT2D eigenvalue weighted by atomic mass is 10.1. The number of nitrogens with zero attached hydrogens (tertiary/aromatic N) is 5. The Hall–Kier alpha value is -2.44. The minimum absolute atomic E-state index is 0.141. The van der Waals surface area contributed by atoms with Gasteiger partial charge in [-0.1, -0.05) is 5.16 Å². The van der Waals surface area contributed by atoms with Crippen LogP contribution < -0.4 is 4.90 Å². The van der Waals surface area contributed by atoms with Gasteiger partial charge in [-0.3, -0.25) is 4.79 Å². The highest BCUT2D eigenvalue weighted by Gasteiger charge is 2.35. The SMILES string of the molecule is CN(C(=O)c1ccno1)C1CN(c2ccc(C3CC3)nn2)C1. The van der Waals surface area contributed by atoms with Crippen LogP contribution in [0.25, 0.3) is 0 Å². The summed E-state index contributed by atoms with van der Waals surface area (Å²) in [6.45, 7) is 1.52. The lowest BCUT2D eigenvalue weighted by Crippen LogP contribution is -2.60.